The molecule has 0 aliphatic carbocycles. The van der Waals surface area contributed by atoms with Crippen molar-refractivity contribution in [2.45, 2.75) is 46.0 Å². The fourth-order valence-corrected chi connectivity index (χ4v) is 2.32. The normalized spacial score (nSPS) is 11.5. The first-order valence-corrected chi connectivity index (χ1v) is 5.73. The molecule has 1 aromatic carbocycles. The van der Waals surface area contributed by atoms with E-state index in [1.165, 1.54) is 5.56 Å². The van der Waals surface area contributed by atoms with Gasteiger partial charge in [0.15, 0.2) is 0 Å². The summed E-state index contributed by atoms with van der Waals surface area (Å²) in [6, 6.07) is 5.41. The van der Waals surface area contributed by atoms with Crippen LogP contribution in [0, 0.1) is 6.92 Å². The lowest BCUT2D eigenvalue weighted by Gasteiger charge is -2.26. The van der Waals surface area contributed by atoms with Gasteiger partial charge in [0.05, 0.1) is 5.56 Å². The molecule has 0 spiro atoms. The summed E-state index contributed by atoms with van der Waals surface area (Å²) in [6.07, 6.45) is 2.24. The number of hydrogen-bond donors (Lipinski definition) is 1. The van der Waals surface area contributed by atoms with Crippen molar-refractivity contribution in [3.05, 3.63) is 34.9 Å². The molecular weight excluding hydrogens is 200 g/mol. The number of hydrogen-bond acceptors (Lipinski definition) is 1. The van der Waals surface area contributed by atoms with Crippen LogP contribution in [0.3, 0.4) is 0 Å². The highest BCUT2D eigenvalue weighted by molar-refractivity contribution is 5.87. The monoisotopic (exact) mass is 220 g/mol. The summed E-state index contributed by atoms with van der Waals surface area (Å²) in [5.74, 6) is -0.858. The average Bonchev–Trinajstić information content (AvgIpc) is 2.16. The van der Waals surface area contributed by atoms with E-state index in [1.54, 1.807) is 12.1 Å². The van der Waals surface area contributed by atoms with Crippen molar-refractivity contribution in [3.8, 4) is 0 Å². The molecule has 88 valence electrons. The van der Waals surface area contributed by atoms with Crippen molar-refractivity contribution >= 4 is 5.97 Å². The molecule has 0 fully saturated rings. The van der Waals surface area contributed by atoms with Crippen molar-refractivity contribution in [2.75, 3.05) is 0 Å². The van der Waals surface area contributed by atoms with Crippen LogP contribution in [-0.4, -0.2) is 11.1 Å². The summed E-state index contributed by atoms with van der Waals surface area (Å²) in [5, 5.41) is 8.91. The molecule has 1 N–H and O–H groups in total. The zero-order chi connectivity index (χ0) is 12.3. The molecule has 0 atom stereocenters. The smallest absolute Gasteiger partial charge is 0.335 e. The van der Waals surface area contributed by atoms with Gasteiger partial charge in [-0.1, -0.05) is 33.3 Å². The Kier molecular flexibility index (Phi) is 3.74. The molecule has 1 aromatic rings. The van der Waals surface area contributed by atoms with E-state index in [1.807, 2.05) is 13.0 Å². The van der Waals surface area contributed by atoms with E-state index in [4.69, 9.17) is 5.11 Å². The Morgan fingerprint density at radius 3 is 2.44 bits per heavy atom. The van der Waals surface area contributed by atoms with E-state index < -0.39 is 5.97 Å². The van der Waals surface area contributed by atoms with Gasteiger partial charge in [-0.05, 0) is 42.0 Å². The predicted octanol–water partition coefficient (Wildman–Crippen LogP) is 3.77. The molecule has 0 unspecified atom stereocenters. The number of carbonyl (C=O) groups is 1. The van der Waals surface area contributed by atoms with Crippen LogP contribution < -0.4 is 0 Å². The first-order chi connectivity index (χ1) is 7.38. The highest BCUT2D eigenvalue weighted by Gasteiger charge is 2.21. The van der Waals surface area contributed by atoms with Gasteiger partial charge in [0, 0.05) is 0 Å². The molecule has 0 aliphatic rings. The van der Waals surface area contributed by atoms with E-state index >= 15 is 0 Å². The van der Waals surface area contributed by atoms with Crippen molar-refractivity contribution in [2.24, 2.45) is 0 Å². The quantitative estimate of drug-likeness (QED) is 0.838. The molecule has 0 saturated heterocycles. The third-order valence-corrected chi connectivity index (χ3v) is 3.08. The number of benzene rings is 1. The first kappa shape index (κ1) is 12.8. The van der Waals surface area contributed by atoms with Crippen LogP contribution in [0.15, 0.2) is 18.2 Å². The molecule has 16 heavy (non-hydrogen) atoms. The largest absolute Gasteiger partial charge is 0.478 e. The van der Waals surface area contributed by atoms with E-state index in [0.717, 1.165) is 18.4 Å². The van der Waals surface area contributed by atoms with Crippen molar-refractivity contribution < 1.29 is 9.90 Å². The number of carboxylic acids is 1. The third-order valence-electron chi connectivity index (χ3n) is 3.08. The number of aromatic carboxylic acids is 1. The van der Waals surface area contributed by atoms with Crippen molar-refractivity contribution in [1.29, 1.82) is 0 Å². The number of aryl methyl sites for hydroxylation is 1. The zero-order valence-corrected chi connectivity index (χ0v) is 10.5. The maximum atomic E-state index is 10.8. The Morgan fingerprint density at radius 2 is 2.00 bits per heavy atom. The average molecular weight is 220 g/mol. The molecule has 0 aliphatic heterocycles. The number of rotatable bonds is 4. The van der Waals surface area contributed by atoms with Gasteiger partial charge in [-0.25, -0.2) is 4.79 Å². The second-order valence-corrected chi connectivity index (χ2v) is 4.97. The molecule has 2 heteroatoms. The lowest BCUT2D eigenvalue weighted by molar-refractivity contribution is 0.0696. The summed E-state index contributed by atoms with van der Waals surface area (Å²) < 4.78 is 0. The SMILES string of the molecule is CCCC(C)(C)c1ccc(C(=O)O)cc1C. The summed E-state index contributed by atoms with van der Waals surface area (Å²) in [5.41, 5.74) is 2.81. The minimum absolute atomic E-state index is 0.121. The van der Waals surface area contributed by atoms with Crippen LogP contribution >= 0.6 is 0 Å². The van der Waals surface area contributed by atoms with Gasteiger partial charge in [-0.15, -0.1) is 0 Å². The topological polar surface area (TPSA) is 37.3 Å². The molecule has 0 saturated carbocycles. The second kappa shape index (κ2) is 4.69. The molecule has 2 nitrogen and oxygen atoms in total. The maximum Gasteiger partial charge on any atom is 0.335 e. The second-order valence-electron chi connectivity index (χ2n) is 4.97. The van der Waals surface area contributed by atoms with Gasteiger partial charge in [0.25, 0.3) is 0 Å². The summed E-state index contributed by atoms with van der Waals surface area (Å²) in [6.45, 7) is 8.57. The highest BCUT2D eigenvalue weighted by Crippen LogP contribution is 2.31. The van der Waals surface area contributed by atoms with Gasteiger partial charge in [-0.2, -0.15) is 0 Å². The lowest BCUT2D eigenvalue weighted by atomic mass is 9.78. The molecule has 1 rings (SSSR count). The van der Waals surface area contributed by atoms with Crippen LogP contribution in [0.2, 0.25) is 0 Å². The van der Waals surface area contributed by atoms with E-state index in [-0.39, 0.29) is 5.41 Å². The third kappa shape index (κ3) is 2.63. The minimum Gasteiger partial charge on any atom is -0.478 e. The van der Waals surface area contributed by atoms with E-state index in [2.05, 4.69) is 20.8 Å². The summed E-state index contributed by atoms with van der Waals surface area (Å²) in [7, 11) is 0. The molecular formula is C14H20O2. The van der Waals surface area contributed by atoms with Crippen LogP contribution in [0.1, 0.15) is 55.1 Å². The standard InChI is InChI=1S/C14H20O2/c1-5-8-14(3,4)12-7-6-11(13(15)16)9-10(12)2/h6-7,9H,5,8H2,1-4H3,(H,15,16). The lowest BCUT2D eigenvalue weighted by Crippen LogP contribution is -2.18. The Bertz CT molecular complexity index is 392. The van der Waals surface area contributed by atoms with Gasteiger partial charge < -0.3 is 5.11 Å². The fourth-order valence-electron chi connectivity index (χ4n) is 2.32. The van der Waals surface area contributed by atoms with Gasteiger partial charge in [0.1, 0.15) is 0 Å². The highest BCUT2D eigenvalue weighted by atomic mass is 16.4. The van der Waals surface area contributed by atoms with E-state index in [0.29, 0.717) is 5.56 Å². The van der Waals surface area contributed by atoms with Crippen LogP contribution in [0.5, 0.6) is 0 Å². The van der Waals surface area contributed by atoms with Crippen LogP contribution in [-0.2, 0) is 5.41 Å². The van der Waals surface area contributed by atoms with Crippen molar-refractivity contribution in [1.82, 2.24) is 0 Å². The Balaban J connectivity index is 3.12. The van der Waals surface area contributed by atoms with Gasteiger partial charge in [-0.3, -0.25) is 0 Å². The minimum atomic E-state index is -0.858. The number of carboxylic acid groups (broad SMARTS) is 1. The molecule has 0 aromatic heterocycles. The Labute approximate surface area is 97.3 Å². The molecule has 0 amide bonds. The Hall–Kier alpha value is -1.31. The summed E-state index contributed by atoms with van der Waals surface area (Å²) >= 11 is 0. The molecule has 0 heterocycles. The van der Waals surface area contributed by atoms with Gasteiger partial charge in [0.2, 0.25) is 0 Å². The van der Waals surface area contributed by atoms with Crippen LogP contribution in [0.25, 0.3) is 0 Å². The zero-order valence-electron chi connectivity index (χ0n) is 10.5. The van der Waals surface area contributed by atoms with E-state index in [9.17, 15) is 4.79 Å². The molecule has 0 radical (unpaired) electrons. The van der Waals surface area contributed by atoms with Gasteiger partial charge >= 0.3 is 5.97 Å². The predicted molar refractivity (Wildman–Crippen MR) is 66.1 cm³/mol. The molecule has 0 bridgehead atoms. The fraction of sp³-hybridized carbons (Fsp3) is 0.500. The van der Waals surface area contributed by atoms with Crippen LogP contribution in [0.4, 0.5) is 0 Å². The van der Waals surface area contributed by atoms with Crippen molar-refractivity contribution in [3.63, 3.8) is 0 Å². The first-order valence-electron chi connectivity index (χ1n) is 5.73. The Morgan fingerprint density at radius 1 is 1.38 bits per heavy atom. The maximum absolute atomic E-state index is 10.8. The summed E-state index contributed by atoms with van der Waals surface area (Å²) in [4.78, 5) is 10.8.